The average molecular weight is 283 g/mol. The lowest BCUT2D eigenvalue weighted by atomic mass is 10.1. The molecule has 0 spiro atoms. The molecule has 0 radical (unpaired) electrons. The van der Waals surface area contributed by atoms with Crippen molar-refractivity contribution >= 4 is 18.3 Å². The van der Waals surface area contributed by atoms with E-state index in [0.717, 1.165) is 0 Å². The molecule has 106 valence electrons. The van der Waals surface area contributed by atoms with Crippen LogP contribution in [0, 0.1) is 5.92 Å². The zero-order valence-electron chi connectivity index (χ0n) is 11.6. The zero-order chi connectivity index (χ0) is 13.1. The fraction of sp³-hybridized carbons (Fsp3) is 0.533. The quantitative estimate of drug-likeness (QED) is 0.902. The summed E-state index contributed by atoms with van der Waals surface area (Å²) in [6, 6.07) is 9.99. The molecular weight excluding hydrogens is 260 g/mol. The van der Waals surface area contributed by atoms with Crippen molar-refractivity contribution in [2.24, 2.45) is 11.7 Å². The summed E-state index contributed by atoms with van der Waals surface area (Å²) < 4.78 is 0. The van der Waals surface area contributed by atoms with E-state index in [4.69, 9.17) is 5.73 Å². The second-order valence-corrected chi connectivity index (χ2v) is 5.32. The summed E-state index contributed by atoms with van der Waals surface area (Å²) in [7, 11) is 0. The van der Waals surface area contributed by atoms with E-state index in [0.29, 0.717) is 18.5 Å². The molecular formula is C15H23ClN2O. The highest BCUT2D eigenvalue weighted by Crippen LogP contribution is 2.35. The number of nitrogens with two attached hydrogens (primary N) is 1. The number of carbonyl (C=O) groups excluding carboxylic acids is 1. The van der Waals surface area contributed by atoms with Crippen LogP contribution in [-0.2, 0) is 11.3 Å². The van der Waals surface area contributed by atoms with Crippen LogP contribution >= 0.6 is 12.4 Å². The van der Waals surface area contributed by atoms with Gasteiger partial charge in [-0.15, -0.1) is 12.4 Å². The number of amides is 1. The number of halogens is 1. The van der Waals surface area contributed by atoms with Crippen molar-refractivity contribution in [1.29, 1.82) is 0 Å². The fourth-order valence-corrected chi connectivity index (χ4v) is 2.30. The monoisotopic (exact) mass is 282 g/mol. The maximum absolute atomic E-state index is 12.2. The van der Waals surface area contributed by atoms with Crippen LogP contribution in [0.1, 0.15) is 32.3 Å². The predicted molar refractivity (Wildman–Crippen MR) is 80.1 cm³/mol. The first-order valence-corrected chi connectivity index (χ1v) is 6.69. The average Bonchev–Trinajstić information content (AvgIpc) is 3.19. The molecule has 1 fully saturated rings. The molecule has 1 aromatic carbocycles. The third-order valence-electron chi connectivity index (χ3n) is 3.66. The molecule has 1 amide bonds. The van der Waals surface area contributed by atoms with Gasteiger partial charge in [0.1, 0.15) is 0 Å². The molecule has 0 heterocycles. The SMILES string of the molecule is CC(C1CC1)N(Cc1ccccc1)C(=O)[C@H](C)N.Cl. The second kappa shape index (κ2) is 6.92. The summed E-state index contributed by atoms with van der Waals surface area (Å²) in [5.74, 6) is 0.717. The topological polar surface area (TPSA) is 46.3 Å². The minimum absolute atomic E-state index is 0. The first-order valence-electron chi connectivity index (χ1n) is 6.69. The van der Waals surface area contributed by atoms with Gasteiger partial charge in [0.15, 0.2) is 0 Å². The van der Waals surface area contributed by atoms with Gasteiger partial charge in [0.05, 0.1) is 6.04 Å². The van der Waals surface area contributed by atoms with Crippen LogP contribution in [0.5, 0.6) is 0 Å². The molecule has 3 nitrogen and oxygen atoms in total. The van der Waals surface area contributed by atoms with Gasteiger partial charge in [-0.2, -0.15) is 0 Å². The molecule has 1 aliphatic rings. The molecule has 2 N–H and O–H groups in total. The Morgan fingerprint density at radius 2 is 1.89 bits per heavy atom. The van der Waals surface area contributed by atoms with E-state index in [1.54, 1.807) is 6.92 Å². The van der Waals surface area contributed by atoms with Gasteiger partial charge in [-0.1, -0.05) is 30.3 Å². The van der Waals surface area contributed by atoms with Gasteiger partial charge in [-0.25, -0.2) is 0 Å². The van der Waals surface area contributed by atoms with E-state index in [1.165, 1.54) is 18.4 Å². The summed E-state index contributed by atoms with van der Waals surface area (Å²) in [6.45, 7) is 4.57. The molecule has 0 saturated heterocycles. The van der Waals surface area contributed by atoms with Crippen molar-refractivity contribution < 1.29 is 4.79 Å². The third kappa shape index (κ3) is 4.22. The Kier molecular flexibility index (Phi) is 5.83. The van der Waals surface area contributed by atoms with Gasteiger partial charge < -0.3 is 10.6 Å². The molecule has 0 aromatic heterocycles. The van der Waals surface area contributed by atoms with Crippen LogP contribution < -0.4 is 5.73 Å². The highest BCUT2D eigenvalue weighted by molar-refractivity contribution is 5.85. The van der Waals surface area contributed by atoms with Crippen LogP contribution in [0.25, 0.3) is 0 Å². The molecule has 4 heteroatoms. The molecule has 2 atom stereocenters. The molecule has 1 saturated carbocycles. The van der Waals surface area contributed by atoms with Crippen LogP contribution in [0.2, 0.25) is 0 Å². The number of nitrogens with zero attached hydrogens (tertiary/aromatic N) is 1. The Morgan fingerprint density at radius 1 is 1.32 bits per heavy atom. The van der Waals surface area contributed by atoms with Crippen molar-refractivity contribution in [3.63, 3.8) is 0 Å². The van der Waals surface area contributed by atoms with Crippen molar-refractivity contribution in [1.82, 2.24) is 4.90 Å². The summed E-state index contributed by atoms with van der Waals surface area (Å²) in [5, 5.41) is 0. The van der Waals surface area contributed by atoms with Crippen molar-refractivity contribution in [3.8, 4) is 0 Å². The summed E-state index contributed by atoms with van der Waals surface area (Å²) in [4.78, 5) is 14.2. The molecule has 1 unspecified atom stereocenters. The highest BCUT2D eigenvalue weighted by atomic mass is 35.5. The molecule has 1 aliphatic carbocycles. The maximum Gasteiger partial charge on any atom is 0.239 e. The van der Waals surface area contributed by atoms with Gasteiger partial charge in [-0.05, 0) is 38.2 Å². The summed E-state index contributed by atoms with van der Waals surface area (Å²) in [6.07, 6.45) is 2.47. The minimum atomic E-state index is -0.421. The number of benzene rings is 1. The van der Waals surface area contributed by atoms with Crippen molar-refractivity contribution in [3.05, 3.63) is 35.9 Å². The highest BCUT2D eigenvalue weighted by Gasteiger charge is 2.34. The van der Waals surface area contributed by atoms with E-state index in [-0.39, 0.29) is 18.3 Å². The molecule has 1 aromatic rings. The van der Waals surface area contributed by atoms with Crippen molar-refractivity contribution in [2.75, 3.05) is 0 Å². The van der Waals surface area contributed by atoms with Gasteiger partial charge in [0.25, 0.3) is 0 Å². The standard InChI is InChI=1S/C15H22N2O.ClH/c1-11(16)15(18)17(12(2)14-8-9-14)10-13-6-4-3-5-7-13;/h3-7,11-12,14H,8-10,16H2,1-2H3;1H/t11-,12?;/m0./s1. The lowest BCUT2D eigenvalue weighted by Crippen LogP contribution is -2.46. The largest absolute Gasteiger partial charge is 0.334 e. The van der Waals surface area contributed by atoms with Gasteiger partial charge >= 0.3 is 0 Å². The van der Waals surface area contributed by atoms with Crippen LogP contribution in [-0.4, -0.2) is 22.9 Å². The summed E-state index contributed by atoms with van der Waals surface area (Å²) >= 11 is 0. The number of hydrogen-bond acceptors (Lipinski definition) is 2. The second-order valence-electron chi connectivity index (χ2n) is 5.32. The normalized spacial score (nSPS) is 17.2. The number of carbonyl (C=O) groups is 1. The first-order chi connectivity index (χ1) is 8.59. The van der Waals surface area contributed by atoms with Crippen LogP contribution in [0.4, 0.5) is 0 Å². The fourth-order valence-electron chi connectivity index (χ4n) is 2.30. The van der Waals surface area contributed by atoms with Crippen LogP contribution in [0.3, 0.4) is 0 Å². The summed E-state index contributed by atoms with van der Waals surface area (Å²) in [5.41, 5.74) is 6.92. The molecule has 2 rings (SSSR count). The Hall–Kier alpha value is -1.06. The third-order valence-corrected chi connectivity index (χ3v) is 3.66. The van der Waals surface area contributed by atoms with Gasteiger partial charge in [-0.3, -0.25) is 4.79 Å². The van der Waals surface area contributed by atoms with Crippen LogP contribution in [0.15, 0.2) is 30.3 Å². The predicted octanol–water partition coefficient (Wildman–Crippen LogP) is 2.58. The Bertz CT molecular complexity index is 404. The lowest BCUT2D eigenvalue weighted by Gasteiger charge is -2.31. The number of rotatable bonds is 5. The molecule has 0 aliphatic heterocycles. The van der Waals surface area contributed by atoms with Gasteiger partial charge in [0.2, 0.25) is 5.91 Å². The van der Waals surface area contributed by atoms with Crippen molar-refractivity contribution in [2.45, 2.75) is 45.3 Å². The maximum atomic E-state index is 12.2. The Labute approximate surface area is 121 Å². The van der Waals surface area contributed by atoms with E-state index in [1.807, 2.05) is 23.1 Å². The smallest absolute Gasteiger partial charge is 0.239 e. The van der Waals surface area contributed by atoms with E-state index in [9.17, 15) is 4.79 Å². The van der Waals surface area contributed by atoms with Gasteiger partial charge in [0, 0.05) is 12.6 Å². The van der Waals surface area contributed by atoms with E-state index >= 15 is 0 Å². The van der Waals surface area contributed by atoms with E-state index < -0.39 is 6.04 Å². The molecule has 19 heavy (non-hydrogen) atoms. The van der Waals surface area contributed by atoms with E-state index in [2.05, 4.69) is 19.1 Å². The Balaban J connectivity index is 0.00000180. The number of hydrogen-bond donors (Lipinski definition) is 1. The Morgan fingerprint density at radius 3 is 2.37 bits per heavy atom. The lowest BCUT2D eigenvalue weighted by molar-refractivity contribution is -0.135. The molecule has 0 bridgehead atoms. The first kappa shape index (κ1) is 16.0. The minimum Gasteiger partial charge on any atom is -0.334 e. The zero-order valence-corrected chi connectivity index (χ0v) is 12.4.